The zero-order valence-corrected chi connectivity index (χ0v) is 19.7. The van der Waals surface area contributed by atoms with Crippen LogP contribution in [-0.2, 0) is 11.3 Å². The predicted molar refractivity (Wildman–Crippen MR) is 132 cm³/mol. The molecule has 3 aromatic rings. The summed E-state index contributed by atoms with van der Waals surface area (Å²) in [6, 6.07) is 22.8. The Morgan fingerprint density at radius 3 is 2.45 bits per heavy atom. The number of hydrogen-bond donors (Lipinski definition) is 0. The summed E-state index contributed by atoms with van der Waals surface area (Å²) in [6.45, 7) is 0.345. The smallest absolute Gasteiger partial charge is 0.267 e. The molecule has 7 heteroatoms. The number of amidine groups is 1. The second-order valence-corrected chi connectivity index (χ2v) is 9.07. The molecule has 156 valence electrons. The van der Waals surface area contributed by atoms with E-state index in [-0.39, 0.29) is 5.91 Å². The highest BCUT2D eigenvalue weighted by Crippen LogP contribution is 2.36. The number of carbonyl (C=O) groups is 1. The number of ether oxygens (including phenoxy) is 1. The van der Waals surface area contributed by atoms with Crippen molar-refractivity contribution in [1.29, 1.82) is 0 Å². The summed E-state index contributed by atoms with van der Waals surface area (Å²) >= 11 is 11.2. The van der Waals surface area contributed by atoms with Crippen LogP contribution in [0.15, 0.2) is 87.2 Å². The Hall–Kier alpha value is -2.54. The number of hydrogen-bond acceptors (Lipinski definition) is 4. The van der Waals surface area contributed by atoms with Crippen LogP contribution in [-0.4, -0.2) is 23.1 Å². The van der Waals surface area contributed by atoms with E-state index in [1.165, 1.54) is 11.8 Å². The van der Waals surface area contributed by atoms with Crippen LogP contribution in [0.5, 0.6) is 5.75 Å². The highest BCUT2D eigenvalue weighted by Gasteiger charge is 2.33. The number of benzene rings is 3. The summed E-state index contributed by atoms with van der Waals surface area (Å²) in [4.78, 5) is 20.3. The van der Waals surface area contributed by atoms with Crippen molar-refractivity contribution in [3.8, 4) is 5.75 Å². The number of carbonyl (C=O) groups excluding carboxylic acids is 1. The van der Waals surface area contributed by atoms with Gasteiger partial charge in [-0.1, -0.05) is 57.9 Å². The number of thioether (sulfide) groups is 1. The predicted octanol–water partition coefficient (Wildman–Crippen LogP) is 6.92. The minimum Gasteiger partial charge on any atom is -0.497 e. The number of methoxy groups -OCH3 is 1. The van der Waals surface area contributed by atoms with E-state index in [4.69, 9.17) is 21.3 Å². The molecule has 1 heterocycles. The molecule has 0 spiro atoms. The first-order chi connectivity index (χ1) is 15.0. The summed E-state index contributed by atoms with van der Waals surface area (Å²) in [6.07, 6.45) is 1.88. The molecule has 4 nitrogen and oxygen atoms in total. The van der Waals surface area contributed by atoms with Crippen molar-refractivity contribution in [1.82, 2.24) is 4.90 Å². The third kappa shape index (κ3) is 5.21. The van der Waals surface area contributed by atoms with E-state index >= 15 is 0 Å². The lowest BCUT2D eigenvalue weighted by Gasteiger charge is -2.16. The average molecular weight is 514 g/mol. The molecular formula is C24H18BrClN2O2S. The van der Waals surface area contributed by atoms with Crippen LogP contribution in [0.1, 0.15) is 11.1 Å². The van der Waals surface area contributed by atoms with Crippen molar-refractivity contribution < 1.29 is 9.53 Å². The zero-order valence-electron chi connectivity index (χ0n) is 16.6. The minimum atomic E-state index is -0.0971. The normalized spacial score (nSPS) is 16.4. The molecule has 0 atom stereocenters. The molecular weight excluding hydrogens is 496 g/mol. The van der Waals surface area contributed by atoms with Crippen molar-refractivity contribution in [2.24, 2.45) is 4.99 Å². The summed E-state index contributed by atoms with van der Waals surface area (Å²) in [5.41, 5.74) is 2.55. The molecule has 1 amide bonds. The lowest BCUT2D eigenvalue weighted by atomic mass is 10.2. The van der Waals surface area contributed by atoms with E-state index in [9.17, 15) is 4.79 Å². The highest BCUT2D eigenvalue weighted by atomic mass is 79.9. The molecule has 0 bridgehead atoms. The first-order valence-corrected chi connectivity index (χ1v) is 11.5. The van der Waals surface area contributed by atoms with E-state index in [0.29, 0.717) is 21.6 Å². The van der Waals surface area contributed by atoms with Gasteiger partial charge >= 0.3 is 0 Å². The Bertz CT molecular complexity index is 1160. The van der Waals surface area contributed by atoms with E-state index in [1.807, 2.05) is 78.9 Å². The quantitative estimate of drug-likeness (QED) is 0.348. The van der Waals surface area contributed by atoms with E-state index in [0.717, 1.165) is 27.0 Å². The number of aliphatic imine (C=N–C) groups is 1. The summed E-state index contributed by atoms with van der Waals surface area (Å²) in [5.74, 6) is 0.656. The van der Waals surface area contributed by atoms with Gasteiger partial charge in [0.1, 0.15) is 5.75 Å². The fraction of sp³-hybridized carbons (Fsp3) is 0.0833. The molecule has 0 unspecified atom stereocenters. The monoisotopic (exact) mass is 512 g/mol. The van der Waals surface area contributed by atoms with Crippen LogP contribution in [0.4, 0.5) is 5.69 Å². The van der Waals surface area contributed by atoms with Gasteiger partial charge in [0.2, 0.25) is 0 Å². The summed E-state index contributed by atoms with van der Waals surface area (Å²) in [7, 11) is 1.62. The molecule has 3 aromatic carbocycles. The van der Waals surface area contributed by atoms with Gasteiger partial charge in [-0.3, -0.25) is 9.69 Å². The molecule has 0 saturated carbocycles. The first-order valence-electron chi connectivity index (χ1n) is 9.46. The van der Waals surface area contributed by atoms with Crippen molar-refractivity contribution in [2.75, 3.05) is 7.11 Å². The molecule has 31 heavy (non-hydrogen) atoms. The van der Waals surface area contributed by atoms with Gasteiger partial charge < -0.3 is 4.74 Å². The van der Waals surface area contributed by atoms with Crippen LogP contribution >= 0.6 is 39.3 Å². The lowest BCUT2D eigenvalue weighted by Crippen LogP contribution is -2.28. The van der Waals surface area contributed by atoms with Crippen LogP contribution in [0.2, 0.25) is 5.02 Å². The van der Waals surface area contributed by atoms with Crippen LogP contribution in [0, 0.1) is 0 Å². The molecule has 0 aromatic heterocycles. The second kappa shape index (κ2) is 9.73. The molecule has 0 N–H and O–H groups in total. The minimum absolute atomic E-state index is 0.0971. The molecule has 1 saturated heterocycles. The van der Waals surface area contributed by atoms with Gasteiger partial charge in [-0.25, -0.2) is 4.99 Å². The topological polar surface area (TPSA) is 41.9 Å². The molecule has 4 rings (SSSR count). The Labute approximate surface area is 198 Å². The fourth-order valence-electron chi connectivity index (χ4n) is 3.01. The van der Waals surface area contributed by atoms with Gasteiger partial charge in [0.15, 0.2) is 5.17 Å². The molecule has 1 fully saturated rings. The maximum atomic E-state index is 13.3. The fourth-order valence-corrected chi connectivity index (χ4v) is 4.46. The van der Waals surface area contributed by atoms with Crippen LogP contribution in [0.25, 0.3) is 6.08 Å². The highest BCUT2D eigenvalue weighted by molar-refractivity contribution is 9.10. The number of rotatable bonds is 5. The zero-order chi connectivity index (χ0) is 21.8. The third-order valence-corrected chi connectivity index (χ3v) is 6.54. The standard InChI is InChI=1S/C24H18BrClN2O2S/c1-30-20-12-10-19(11-13-20)27-24-28(15-17-4-2-3-5-21(17)26)23(29)22(31-24)14-16-6-8-18(25)9-7-16/h2-14H,15H2,1H3. The largest absolute Gasteiger partial charge is 0.497 e. The summed E-state index contributed by atoms with van der Waals surface area (Å²) < 4.78 is 6.20. The number of nitrogens with zero attached hydrogens (tertiary/aromatic N) is 2. The third-order valence-electron chi connectivity index (χ3n) is 4.64. The van der Waals surface area contributed by atoms with E-state index in [2.05, 4.69) is 15.9 Å². The maximum Gasteiger partial charge on any atom is 0.267 e. The second-order valence-electron chi connectivity index (χ2n) is 6.74. The van der Waals surface area contributed by atoms with Gasteiger partial charge in [0.05, 0.1) is 24.2 Å². The van der Waals surface area contributed by atoms with Crippen molar-refractivity contribution >= 4 is 62.1 Å². The van der Waals surface area contributed by atoms with Crippen molar-refractivity contribution in [3.63, 3.8) is 0 Å². The lowest BCUT2D eigenvalue weighted by molar-refractivity contribution is -0.122. The molecule has 1 aliphatic rings. The van der Waals surface area contributed by atoms with Crippen molar-refractivity contribution in [3.05, 3.63) is 98.3 Å². The Morgan fingerprint density at radius 1 is 1.06 bits per heavy atom. The van der Waals surface area contributed by atoms with E-state index in [1.54, 1.807) is 12.0 Å². The van der Waals surface area contributed by atoms with Gasteiger partial charge in [0, 0.05) is 9.50 Å². The van der Waals surface area contributed by atoms with E-state index < -0.39 is 0 Å². The average Bonchev–Trinajstić information content (AvgIpc) is 3.06. The van der Waals surface area contributed by atoms with Gasteiger partial charge in [0.25, 0.3) is 5.91 Å². The number of amides is 1. The van der Waals surface area contributed by atoms with Crippen LogP contribution in [0.3, 0.4) is 0 Å². The molecule has 1 aliphatic heterocycles. The molecule has 0 radical (unpaired) electrons. The Morgan fingerprint density at radius 2 is 1.77 bits per heavy atom. The maximum absolute atomic E-state index is 13.3. The first kappa shape index (κ1) is 21.7. The number of halogens is 2. The van der Waals surface area contributed by atoms with Gasteiger partial charge in [-0.2, -0.15) is 0 Å². The Balaban J connectivity index is 1.70. The van der Waals surface area contributed by atoms with Crippen molar-refractivity contribution in [2.45, 2.75) is 6.54 Å². The summed E-state index contributed by atoms with van der Waals surface area (Å²) in [5, 5.41) is 1.23. The van der Waals surface area contributed by atoms with Crippen LogP contribution < -0.4 is 4.74 Å². The Kier molecular flexibility index (Phi) is 6.80. The van der Waals surface area contributed by atoms with Gasteiger partial charge in [-0.05, 0) is 71.4 Å². The molecule has 0 aliphatic carbocycles. The SMILES string of the molecule is COc1ccc(N=C2SC(=Cc3ccc(Br)cc3)C(=O)N2Cc2ccccc2Cl)cc1. The van der Waals surface area contributed by atoms with Gasteiger partial charge in [-0.15, -0.1) is 0 Å².